The molecule has 0 bridgehead atoms. The van der Waals surface area contributed by atoms with E-state index in [4.69, 9.17) is 27.9 Å². The third kappa shape index (κ3) is 6.39. The molecule has 1 atom stereocenters. The van der Waals surface area contributed by atoms with E-state index in [-0.39, 0.29) is 31.0 Å². The van der Waals surface area contributed by atoms with E-state index in [1.54, 1.807) is 36.1 Å². The van der Waals surface area contributed by atoms with E-state index >= 15 is 0 Å². The van der Waals surface area contributed by atoms with Gasteiger partial charge in [0.1, 0.15) is 11.8 Å². The van der Waals surface area contributed by atoms with Gasteiger partial charge in [-0.05, 0) is 74.6 Å². The molecule has 1 aliphatic rings. The lowest BCUT2D eigenvalue weighted by Crippen LogP contribution is -2.50. The van der Waals surface area contributed by atoms with Gasteiger partial charge in [0.15, 0.2) is 6.61 Å². The van der Waals surface area contributed by atoms with Crippen LogP contribution >= 0.6 is 23.2 Å². The van der Waals surface area contributed by atoms with Crippen molar-refractivity contribution in [3.8, 4) is 5.75 Å². The zero-order chi connectivity index (χ0) is 23.3. The summed E-state index contributed by atoms with van der Waals surface area (Å²) >= 11 is 12.4. The van der Waals surface area contributed by atoms with E-state index in [0.717, 1.165) is 42.4 Å². The van der Waals surface area contributed by atoms with Crippen molar-refractivity contribution in [1.82, 2.24) is 10.2 Å². The molecule has 172 valence electrons. The number of rotatable bonds is 8. The van der Waals surface area contributed by atoms with E-state index in [0.29, 0.717) is 15.8 Å². The Balaban J connectivity index is 1.74. The third-order valence-electron chi connectivity index (χ3n) is 5.88. The Morgan fingerprint density at radius 3 is 2.41 bits per heavy atom. The number of aryl methyl sites for hydroxylation is 2. The normalized spacial score (nSPS) is 14.8. The summed E-state index contributed by atoms with van der Waals surface area (Å²) in [4.78, 5) is 27.7. The average molecular weight is 477 g/mol. The fourth-order valence-corrected chi connectivity index (χ4v) is 4.35. The summed E-state index contributed by atoms with van der Waals surface area (Å²) < 4.78 is 5.78. The molecule has 0 saturated heterocycles. The van der Waals surface area contributed by atoms with Crippen LogP contribution in [0.25, 0.3) is 0 Å². The second kappa shape index (κ2) is 11.1. The van der Waals surface area contributed by atoms with Gasteiger partial charge in [0.25, 0.3) is 5.91 Å². The molecule has 1 aliphatic carbocycles. The van der Waals surface area contributed by atoms with Crippen molar-refractivity contribution in [3.63, 3.8) is 0 Å². The second-order valence-electron chi connectivity index (χ2n) is 8.48. The number of ether oxygens (including phenoxy) is 1. The number of carbonyl (C=O) groups is 2. The number of nitrogens with one attached hydrogen (secondary N) is 1. The van der Waals surface area contributed by atoms with Crippen LogP contribution in [0.4, 0.5) is 0 Å². The highest BCUT2D eigenvalue weighted by Gasteiger charge is 2.28. The molecule has 2 amide bonds. The van der Waals surface area contributed by atoms with Crippen LogP contribution in [0, 0.1) is 13.8 Å². The number of hydrogen-bond acceptors (Lipinski definition) is 3. The third-order valence-corrected chi connectivity index (χ3v) is 6.71. The first kappa shape index (κ1) is 24.4. The van der Waals surface area contributed by atoms with E-state index in [9.17, 15) is 9.59 Å². The van der Waals surface area contributed by atoms with Gasteiger partial charge in [0.2, 0.25) is 5.91 Å². The molecule has 5 nitrogen and oxygen atoms in total. The predicted octanol–water partition coefficient (Wildman–Crippen LogP) is 5.47. The summed E-state index contributed by atoms with van der Waals surface area (Å²) in [7, 11) is 0. The van der Waals surface area contributed by atoms with Gasteiger partial charge in [-0.25, -0.2) is 0 Å². The molecule has 0 aromatic heterocycles. The van der Waals surface area contributed by atoms with Crippen molar-refractivity contribution in [2.45, 2.75) is 65.1 Å². The molecule has 2 aromatic carbocycles. The maximum Gasteiger partial charge on any atom is 0.261 e. The van der Waals surface area contributed by atoms with Gasteiger partial charge in [-0.1, -0.05) is 48.2 Å². The van der Waals surface area contributed by atoms with Crippen LogP contribution in [0.1, 0.15) is 49.3 Å². The first-order chi connectivity index (χ1) is 15.2. The molecule has 1 saturated carbocycles. The Kier molecular flexibility index (Phi) is 8.44. The molecule has 1 N–H and O–H groups in total. The van der Waals surface area contributed by atoms with Crippen molar-refractivity contribution in [2.24, 2.45) is 0 Å². The lowest BCUT2D eigenvalue weighted by molar-refractivity contribution is -0.142. The number of nitrogens with zero attached hydrogens (tertiary/aromatic N) is 1. The van der Waals surface area contributed by atoms with Crippen molar-refractivity contribution in [2.75, 3.05) is 6.61 Å². The van der Waals surface area contributed by atoms with Crippen LogP contribution in [-0.4, -0.2) is 35.4 Å². The van der Waals surface area contributed by atoms with Gasteiger partial charge >= 0.3 is 0 Å². The van der Waals surface area contributed by atoms with Gasteiger partial charge in [-0.3, -0.25) is 9.59 Å². The van der Waals surface area contributed by atoms with Crippen LogP contribution < -0.4 is 10.1 Å². The maximum absolute atomic E-state index is 13.2. The minimum absolute atomic E-state index is 0.148. The highest BCUT2D eigenvalue weighted by molar-refractivity contribution is 6.32. The Morgan fingerprint density at radius 2 is 1.78 bits per heavy atom. The van der Waals surface area contributed by atoms with Gasteiger partial charge in [-0.15, -0.1) is 0 Å². The van der Waals surface area contributed by atoms with Crippen LogP contribution in [0.2, 0.25) is 10.0 Å². The number of amides is 2. The monoisotopic (exact) mass is 476 g/mol. The van der Waals surface area contributed by atoms with Gasteiger partial charge in [-0.2, -0.15) is 0 Å². The number of halogens is 2. The lowest BCUT2D eigenvalue weighted by atomic mass is 10.1. The van der Waals surface area contributed by atoms with E-state index in [1.807, 2.05) is 26.0 Å². The molecule has 2 aromatic rings. The lowest BCUT2D eigenvalue weighted by Gasteiger charge is -2.29. The van der Waals surface area contributed by atoms with E-state index in [2.05, 4.69) is 5.32 Å². The van der Waals surface area contributed by atoms with Crippen LogP contribution in [0.5, 0.6) is 5.75 Å². The quantitative estimate of drug-likeness (QED) is 0.549. The van der Waals surface area contributed by atoms with Crippen LogP contribution in [0.15, 0.2) is 36.4 Å². The highest BCUT2D eigenvalue weighted by Crippen LogP contribution is 2.26. The fourth-order valence-electron chi connectivity index (χ4n) is 4.02. The molecular weight excluding hydrogens is 447 g/mol. The molecule has 0 spiro atoms. The van der Waals surface area contributed by atoms with Crippen molar-refractivity contribution in [1.29, 1.82) is 0 Å². The van der Waals surface area contributed by atoms with Gasteiger partial charge in [0, 0.05) is 22.6 Å². The van der Waals surface area contributed by atoms with Crippen LogP contribution in [0.3, 0.4) is 0 Å². The van der Waals surface area contributed by atoms with E-state index < -0.39 is 6.04 Å². The number of hydrogen-bond donors (Lipinski definition) is 1. The van der Waals surface area contributed by atoms with Gasteiger partial charge in [0.05, 0.1) is 0 Å². The predicted molar refractivity (Wildman–Crippen MR) is 128 cm³/mol. The van der Waals surface area contributed by atoms with Crippen molar-refractivity contribution < 1.29 is 14.3 Å². The summed E-state index contributed by atoms with van der Waals surface area (Å²) in [5.74, 6) is 0.151. The first-order valence-corrected chi connectivity index (χ1v) is 11.7. The largest absolute Gasteiger partial charge is 0.484 e. The zero-order valence-corrected chi connectivity index (χ0v) is 20.3. The maximum atomic E-state index is 13.2. The van der Waals surface area contributed by atoms with Gasteiger partial charge < -0.3 is 15.0 Å². The average Bonchev–Trinajstić information content (AvgIpc) is 3.26. The Hall–Kier alpha value is -2.24. The standard InChI is InChI=1S/C25H30Cl2N2O3/c1-16-11-22(12-17(2)24(16)27)32-15-23(30)29(14-19-7-6-8-20(26)13-19)18(3)25(31)28-21-9-4-5-10-21/h6-8,11-13,18,21H,4-5,9-10,14-15H2,1-3H3,(H,28,31)/t18-/m1/s1. The molecule has 3 rings (SSSR count). The SMILES string of the molecule is Cc1cc(OCC(=O)N(Cc2cccc(Cl)c2)[C@H](C)C(=O)NC2CCCC2)cc(C)c1Cl. The van der Waals surface area contributed by atoms with Crippen LogP contribution in [-0.2, 0) is 16.1 Å². The number of benzene rings is 2. The minimum atomic E-state index is -0.639. The molecule has 1 fully saturated rings. The molecule has 7 heteroatoms. The summed E-state index contributed by atoms with van der Waals surface area (Å²) in [5.41, 5.74) is 2.62. The summed E-state index contributed by atoms with van der Waals surface area (Å²) in [6, 6.07) is 10.5. The van der Waals surface area contributed by atoms with E-state index in [1.165, 1.54) is 0 Å². The minimum Gasteiger partial charge on any atom is -0.484 e. The molecule has 0 heterocycles. The first-order valence-electron chi connectivity index (χ1n) is 11.0. The molecule has 0 unspecified atom stereocenters. The topological polar surface area (TPSA) is 58.6 Å². The molecule has 32 heavy (non-hydrogen) atoms. The smallest absolute Gasteiger partial charge is 0.261 e. The zero-order valence-electron chi connectivity index (χ0n) is 18.8. The highest BCUT2D eigenvalue weighted by atomic mass is 35.5. The van der Waals surface area contributed by atoms with Crippen molar-refractivity contribution in [3.05, 3.63) is 63.1 Å². The second-order valence-corrected chi connectivity index (χ2v) is 9.29. The van der Waals surface area contributed by atoms with Crippen molar-refractivity contribution >= 4 is 35.0 Å². The summed E-state index contributed by atoms with van der Waals surface area (Å²) in [6.45, 7) is 5.63. The molecule has 0 aliphatic heterocycles. The summed E-state index contributed by atoms with van der Waals surface area (Å²) in [6.07, 6.45) is 4.22. The Morgan fingerprint density at radius 1 is 1.12 bits per heavy atom. The Labute approximate surface area is 200 Å². The number of carbonyl (C=O) groups excluding carboxylic acids is 2. The molecular formula is C25H30Cl2N2O3. The Bertz CT molecular complexity index is 950. The molecule has 0 radical (unpaired) electrons. The fraction of sp³-hybridized carbons (Fsp3) is 0.440. The summed E-state index contributed by atoms with van der Waals surface area (Å²) in [5, 5.41) is 4.36.